The van der Waals surface area contributed by atoms with Crippen LogP contribution in [0.1, 0.15) is 169 Å². The minimum atomic E-state index is -0.727. The lowest BCUT2D eigenvalue weighted by Gasteiger charge is -2.14. The van der Waals surface area contributed by atoms with E-state index in [4.69, 9.17) is 56.8 Å². The van der Waals surface area contributed by atoms with E-state index in [9.17, 15) is 38.4 Å². The van der Waals surface area contributed by atoms with Crippen LogP contribution in [0.2, 0.25) is 0 Å². The minimum Gasteiger partial charge on any atom is -0.494 e. The Labute approximate surface area is 594 Å². The van der Waals surface area contributed by atoms with E-state index in [1.807, 2.05) is 0 Å². The van der Waals surface area contributed by atoms with Gasteiger partial charge in [0.05, 0.1) is 86.5 Å². The van der Waals surface area contributed by atoms with E-state index in [0.29, 0.717) is 88.7 Å². The molecule has 0 saturated carbocycles. The van der Waals surface area contributed by atoms with E-state index in [0.717, 1.165) is 114 Å². The lowest BCUT2D eigenvalue weighted by Crippen LogP contribution is -2.13. The summed E-state index contributed by atoms with van der Waals surface area (Å²) in [5.74, 6) is -2.29. The van der Waals surface area contributed by atoms with Crippen LogP contribution < -0.4 is 37.9 Å². The number of benzene rings is 6. The van der Waals surface area contributed by atoms with E-state index in [2.05, 4.69) is 36.5 Å². The normalized spacial score (nSPS) is 11.0. The third-order valence-electron chi connectivity index (χ3n) is 15.1. The van der Waals surface area contributed by atoms with Gasteiger partial charge in [-0.25, -0.2) is 38.4 Å². The molecule has 0 aromatic heterocycles. The number of unbranched alkanes of at least 4 members (excludes halogenated alkanes) is 12. The van der Waals surface area contributed by atoms with Gasteiger partial charge in [0.15, 0.2) is 0 Å². The molecule has 0 aliphatic rings. The van der Waals surface area contributed by atoms with E-state index in [-0.39, 0.29) is 67.8 Å². The van der Waals surface area contributed by atoms with Crippen LogP contribution >= 0.6 is 0 Å². The summed E-state index contributed by atoms with van der Waals surface area (Å²) in [5, 5.41) is 9.13. The molecule has 0 saturated heterocycles. The summed E-state index contributed by atoms with van der Waals surface area (Å²) >= 11 is 0. The van der Waals surface area contributed by atoms with Crippen LogP contribution in [-0.4, -0.2) is 112 Å². The van der Waals surface area contributed by atoms with Crippen LogP contribution in [0.15, 0.2) is 194 Å². The number of esters is 8. The van der Waals surface area contributed by atoms with Crippen molar-refractivity contribution < 1.29 is 95.2 Å². The van der Waals surface area contributed by atoms with Crippen molar-refractivity contribution in [1.82, 2.24) is 0 Å². The Morgan fingerprint density at radius 1 is 0.284 bits per heavy atom. The average Bonchev–Trinajstić information content (AvgIpc) is 0.822. The number of hydrogen-bond acceptors (Lipinski definition) is 22. The maximum absolute atomic E-state index is 13.9. The SMILES string of the molecule is C=CC(=O)OCCCCCCOc1ccc(C(=O)Oc2ccc(OC(=O)c3ccc(OCCCCCCOC(=O)C=C)cc3)c(/C(C)=N/N=C(\C)c3cc(OC(=O)c4ccc(OCCCCCCOC(=O)C=C)cc4)ccc3OC(=O)c3ccc(OCCCCCCOC(=O)C=C)cc3)c2)cc1. The van der Waals surface area contributed by atoms with Crippen LogP contribution in [-0.2, 0) is 38.1 Å². The van der Waals surface area contributed by atoms with E-state index < -0.39 is 47.8 Å². The Balaban J connectivity index is 1.21. The zero-order chi connectivity index (χ0) is 73.1. The molecule has 102 heavy (non-hydrogen) atoms. The highest BCUT2D eigenvalue weighted by Gasteiger charge is 2.21. The van der Waals surface area contributed by atoms with Gasteiger partial charge in [-0.3, -0.25) is 0 Å². The fraction of sp³-hybridized carbons (Fsp3) is 0.325. The molecule has 0 spiro atoms. The number of rotatable bonds is 47. The second-order valence-electron chi connectivity index (χ2n) is 22.9. The summed E-state index contributed by atoms with van der Waals surface area (Å²) in [5.41, 5.74) is 1.60. The molecule has 22 heteroatoms. The number of hydrogen-bond donors (Lipinski definition) is 0. The van der Waals surface area contributed by atoms with Crippen molar-refractivity contribution in [2.24, 2.45) is 10.2 Å². The average molecular weight is 1400 g/mol. The van der Waals surface area contributed by atoms with Gasteiger partial charge in [-0.2, -0.15) is 10.2 Å². The molecule has 0 amide bonds. The topological polar surface area (TPSA) is 272 Å². The third kappa shape index (κ3) is 29.6. The molecule has 22 nitrogen and oxygen atoms in total. The Morgan fingerprint density at radius 3 is 0.735 bits per heavy atom. The number of carbonyl (C=O) groups is 8. The molecule has 0 atom stereocenters. The molecule has 6 aromatic carbocycles. The fourth-order valence-electron chi connectivity index (χ4n) is 9.46. The molecule has 0 heterocycles. The summed E-state index contributed by atoms with van der Waals surface area (Å²) in [6.07, 6.45) is 17.3. The summed E-state index contributed by atoms with van der Waals surface area (Å²) in [4.78, 5) is 100. The molecule has 0 fully saturated rings. The Morgan fingerprint density at radius 2 is 0.500 bits per heavy atom. The van der Waals surface area contributed by atoms with E-state index in [1.165, 1.54) is 36.4 Å². The molecule has 0 unspecified atom stereocenters. The molecule has 0 N–H and O–H groups in total. The standard InChI is InChI=1S/C80H88N2O20/c1-7-73(83)95-51-23-15-11-19-47-91-63-35-27-59(28-36-63)77(87)99-67-43-45-71(101-79(89)61-31-39-65(40-32-61)93-49-21-13-17-25-53-97-75(85)9-3)69(55-67)57(5)81-82-58(6)70-56-68(100-78(88)60-29-37-64(38-30-60)92-48-20-12-16-24-52-96-74(84)8-2)44-46-72(70)102-80(90)62-33-41-66(42-34-62)94-50-22-14-18-26-54-98-76(86)10-4/h7-10,27-46,55-56H,1-4,11-26,47-54H2,5-6H3/b81-57+,82-58+. The maximum Gasteiger partial charge on any atom is 0.343 e. The van der Waals surface area contributed by atoms with Crippen LogP contribution in [0.3, 0.4) is 0 Å². The van der Waals surface area contributed by atoms with Gasteiger partial charge in [0.1, 0.15) is 46.0 Å². The van der Waals surface area contributed by atoms with Gasteiger partial charge in [-0.15, -0.1) is 0 Å². The fourth-order valence-corrected chi connectivity index (χ4v) is 9.46. The largest absolute Gasteiger partial charge is 0.494 e. The molecular weight excluding hydrogens is 1310 g/mol. The Bertz CT molecular complexity index is 3570. The van der Waals surface area contributed by atoms with Crippen molar-refractivity contribution in [3.8, 4) is 46.0 Å². The first kappa shape index (κ1) is 79.6. The van der Waals surface area contributed by atoms with Crippen molar-refractivity contribution in [2.75, 3.05) is 52.9 Å². The highest BCUT2D eigenvalue weighted by atomic mass is 16.6. The second kappa shape index (κ2) is 45.3. The van der Waals surface area contributed by atoms with Crippen LogP contribution in [0, 0.1) is 0 Å². The molecule has 6 aromatic rings. The lowest BCUT2D eigenvalue weighted by molar-refractivity contribution is -0.138. The minimum absolute atomic E-state index is 0.0313. The number of nitrogens with zero attached hydrogens (tertiary/aromatic N) is 2. The first-order valence-electron chi connectivity index (χ1n) is 33.9. The van der Waals surface area contributed by atoms with Gasteiger partial charge in [-0.1, -0.05) is 26.3 Å². The first-order valence-corrected chi connectivity index (χ1v) is 33.9. The van der Waals surface area contributed by atoms with E-state index >= 15 is 0 Å². The molecule has 0 aliphatic carbocycles. The monoisotopic (exact) mass is 1400 g/mol. The molecule has 0 aliphatic heterocycles. The van der Waals surface area contributed by atoms with Crippen molar-refractivity contribution >= 4 is 59.2 Å². The van der Waals surface area contributed by atoms with Crippen molar-refractivity contribution in [2.45, 2.75) is 117 Å². The van der Waals surface area contributed by atoms with Gasteiger partial charge in [0.2, 0.25) is 0 Å². The number of ether oxygens (including phenoxy) is 12. The van der Waals surface area contributed by atoms with Crippen molar-refractivity contribution in [3.63, 3.8) is 0 Å². The van der Waals surface area contributed by atoms with E-state index in [1.54, 1.807) is 111 Å². The summed E-state index contributed by atoms with van der Waals surface area (Å²) in [7, 11) is 0. The quantitative estimate of drug-likeness (QED) is 0.00653. The summed E-state index contributed by atoms with van der Waals surface area (Å²) < 4.78 is 67.5. The van der Waals surface area contributed by atoms with Gasteiger partial charge < -0.3 is 56.8 Å². The second-order valence-corrected chi connectivity index (χ2v) is 22.9. The zero-order valence-electron chi connectivity index (χ0n) is 57.9. The van der Waals surface area contributed by atoms with Crippen LogP contribution in [0.4, 0.5) is 0 Å². The highest BCUT2D eigenvalue weighted by Crippen LogP contribution is 2.31. The van der Waals surface area contributed by atoms with Crippen molar-refractivity contribution in [3.05, 3.63) is 217 Å². The third-order valence-corrected chi connectivity index (χ3v) is 15.1. The van der Waals surface area contributed by atoms with Crippen LogP contribution in [0.25, 0.3) is 0 Å². The first-order chi connectivity index (χ1) is 49.5. The van der Waals surface area contributed by atoms with Gasteiger partial charge >= 0.3 is 47.8 Å². The molecule has 6 rings (SSSR count). The lowest BCUT2D eigenvalue weighted by atomic mass is 10.1. The Hall–Kier alpha value is -11.4. The zero-order valence-corrected chi connectivity index (χ0v) is 57.9. The smallest absolute Gasteiger partial charge is 0.343 e. The Kier molecular flexibility index (Phi) is 35.3. The summed E-state index contributed by atoms with van der Waals surface area (Å²) in [6.45, 7) is 19.8. The predicted molar refractivity (Wildman–Crippen MR) is 383 cm³/mol. The number of carbonyl (C=O) groups excluding carboxylic acids is 8. The molecule has 0 radical (unpaired) electrons. The molecule has 538 valence electrons. The van der Waals surface area contributed by atoms with Gasteiger partial charge in [0.25, 0.3) is 0 Å². The van der Waals surface area contributed by atoms with Gasteiger partial charge in [0, 0.05) is 35.4 Å². The van der Waals surface area contributed by atoms with Crippen LogP contribution in [0.5, 0.6) is 46.0 Å². The summed E-state index contributed by atoms with van der Waals surface area (Å²) in [6, 6.07) is 34.6. The maximum atomic E-state index is 13.9. The predicted octanol–water partition coefficient (Wildman–Crippen LogP) is 15.5. The molecular formula is C80H88N2O20. The van der Waals surface area contributed by atoms with Gasteiger partial charge in [-0.05, 0) is 250 Å². The molecule has 0 bridgehead atoms. The van der Waals surface area contributed by atoms with Crippen molar-refractivity contribution in [1.29, 1.82) is 0 Å². The highest BCUT2D eigenvalue weighted by molar-refractivity contribution is 6.06.